The largest absolute Gasteiger partial charge is 0.481 e. The summed E-state index contributed by atoms with van der Waals surface area (Å²) < 4.78 is 0. The maximum Gasteiger partial charge on any atom is 0.326 e. The Balaban J connectivity index is 6.41. The number of thioether (sulfide) groups is 1. The molecule has 0 spiro atoms. The minimum atomic E-state index is -1.78. The number of carboxylic acid groups (broad SMARTS) is 4. The second-order valence-corrected chi connectivity index (χ2v) is 15.5. The van der Waals surface area contributed by atoms with E-state index < -0.39 is 152 Å². The summed E-state index contributed by atoms with van der Waals surface area (Å²) in [6, 6.07) is -10.5. The second-order valence-electron chi connectivity index (χ2n) is 14.5. The number of amides is 7. The van der Waals surface area contributed by atoms with Gasteiger partial charge in [-0.3, -0.25) is 47.9 Å². The number of aliphatic carboxylic acids is 4. The van der Waals surface area contributed by atoms with E-state index in [1.807, 2.05) is 0 Å². The molecule has 0 saturated carbocycles. The summed E-state index contributed by atoms with van der Waals surface area (Å²) in [6.07, 6.45) is -1.65. The SMILES string of the molecule is CC[C@H](C)[C@H](NC(=O)[C@@H](N)CCC(=O)O)C(=O)N[C@@H](CC(=O)O)C(=O)N[C@@H](CCSC)C(=O)N[C@@H](CC(C)C)C(=O)N[C@@H](CCC(N)=O)C(=O)N[C@@H](CCC(=O)O)C(=O)O. The van der Waals surface area contributed by atoms with E-state index >= 15 is 0 Å². The van der Waals surface area contributed by atoms with E-state index in [9.17, 15) is 63.0 Å². The summed E-state index contributed by atoms with van der Waals surface area (Å²) in [5.41, 5.74) is 11.0. The Labute approximate surface area is 351 Å². The van der Waals surface area contributed by atoms with Gasteiger partial charge in [-0.25, -0.2) is 4.79 Å². The summed E-state index contributed by atoms with van der Waals surface area (Å²) in [4.78, 5) is 138. The maximum absolute atomic E-state index is 13.8. The zero-order valence-corrected chi connectivity index (χ0v) is 35.1. The van der Waals surface area contributed by atoms with Crippen molar-refractivity contribution in [1.82, 2.24) is 31.9 Å². The molecule has 0 aliphatic carbocycles. The molecule has 0 aliphatic heterocycles. The van der Waals surface area contributed by atoms with Crippen LogP contribution in [0.4, 0.5) is 0 Å². The van der Waals surface area contributed by atoms with Crippen LogP contribution in [0.5, 0.6) is 0 Å². The van der Waals surface area contributed by atoms with Gasteiger partial charge in [0.2, 0.25) is 41.4 Å². The highest BCUT2D eigenvalue weighted by Crippen LogP contribution is 2.12. The average Bonchev–Trinajstić information content (AvgIpc) is 3.15. The molecule has 0 aromatic carbocycles. The number of primary amides is 1. The molecule has 24 heteroatoms. The fourth-order valence-corrected chi connectivity index (χ4v) is 5.87. The number of carbonyl (C=O) groups is 11. The molecule has 0 fully saturated rings. The molecule has 0 heterocycles. The highest BCUT2D eigenvalue weighted by atomic mass is 32.2. The van der Waals surface area contributed by atoms with Crippen molar-refractivity contribution in [2.45, 2.75) is 134 Å². The van der Waals surface area contributed by atoms with Crippen molar-refractivity contribution in [1.29, 1.82) is 0 Å². The molecule has 0 saturated heterocycles. The molecule has 0 aliphatic rings. The van der Waals surface area contributed by atoms with Crippen molar-refractivity contribution in [3.05, 3.63) is 0 Å². The van der Waals surface area contributed by atoms with Crippen LogP contribution in [0.3, 0.4) is 0 Å². The molecule has 0 aromatic heterocycles. The number of carbonyl (C=O) groups excluding carboxylic acids is 7. The van der Waals surface area contributed by atoms with Crippen molar-refractivity contribution in [2.24, 2.45) is 23.3 Å². The predicted molar refractivity (Wildman–Crippen MR) is 214 cm³/mol. The second kappa shape index (κ2) is 28.0. The summed E-state index contributed by atoms with van der Waals surface area (Å²) >= 11 is 1.28. The molecule has 0 radical (unpaired) electrons. The molecule has 8 atom stereocenters. The van der Waals surface area contributed by atoms with Crippen LogP contribution < -0.4 is 43.4 Å². The topological polar surface area (TPSA) is 393 Å². The Kier molecular flexibility index (Phi) is 25.5. The Morgan fingerprint density at radius 2 is 1.00 bits per heavy atom. The normalized spacial score (nSPS) is 15.0. The number of nitrogens with one attached hydrogen (secondary N) is 6. The number of nitrogens with two attached hydrogens (primary N) is 2. The first-order valence-corrected chi connectivity index (χ1v) is 20.6. The van der Waals surface area contributed by atoms with Crippen LogP contribution in [0, 0.1) is 11.8 Å². The Hall–Kier alpha value is -5.52. The van der Waals surface area contributed by atoms with E-state index in [0.717, 1.165) is 0 Å². The monoisotopic (exact) mass is 876 g/mol. The molecule has 340 valence electrons. The fraction of sp³-hybridized carbons (Fsp3) is 0.694. The zero-order valence-electron chi connectivity index (χ0n) is 34.3. The third-order valence-corrected chi connectivity index (χ3v) is 9.61. The van der Waals surface area contributed by atoms with Gasteiger partial charge in [-0.05, 0) is 55.9 Å². The molecule has 0 bridgehead atoms. The highest BCUT2D eigenvalue weighted by molar-refractivity contribution is 7.98. The van der Waals surface area contributed by atoms with Crippen LogP contribution in [0.25, 0.3) is 0 Å². The fourth-order valence-electron chi connectivity index (χ4n) is 5.39. The number of rotatable bonds is 31. The van der Waals surface area contributed by atoms with E-state index in [0.29, 0.717) is 6.42 Å². The van der Waals surface area contributed by atoms with Crippen LogP contribution in [0.15, 0.2) is 0 Å². The van der Waals surface area contributed by atoms with Gasteiger partial charge >= 0.3 is 23.9 Å². The average molecular weight is 877 g/mol. The van der Waals surface area contributed by atoms with Gasteiger partial charge in [0.1, 0.15) is 36.3 Å². The van der Waals surface area contributed by atoms with Crippen molar-refractivity contribution < 1.29 is 73.2 Å². The van der Waals surface area contributed by atoms with Crippen LogP contribution in [0.1, 0.15) is 91.9 Å². The van der Waals surface area contributed by atoms with Crippen molar-refractivity contribution in [3.63, 3.8) is 0 Å². The Morgan fingerprint density at radius 3 is 1.47 bits per heavy atom. The highest BCUT2D eigenvalue weighted by Gasteiger charge is 2.35. The molecular formula is C36H60N8O15S. The van der Waals surface area contributed by atoms with Gasteiger partial charge < -0.3 is 63.8 Å². The third-order valence-electron chi connectivity index (χ3n) is 8.97. The van der Waals surface area contributed by atoms with Gasteiger partial charge in [-0.2, -0.15) is 11.8 Å². The lowest BCUT2D eigenvalue weighted by atomic mass is 9.97. The smallest absolute Gasteiger partial charge is 0.326 e. The van der Waals surface area contributed by atoms with Crippen LogP contribution in [-0.2, 0) is 52.7 Å². The molecule has 7 amide bonds. The van der Waals surface area contributed by atoms with Gasteiger partial charge in [0.05, 0.1) is 12.5 Å². The Morgan fingerprint density at radius 1 is 0.550 bits per heavy atom. The lowest BCUT2D eigenvalue weighted by Gasteiger charge is -2.29. The van der Waals surface area contributed by atoms with E-state index in [2.05, 4.69) is 31.9 Å². The molecule has 60 heavy (non-hydrogen) atoms. The quantitative estimate of drug-likeness (QED) is 0.0346. The number of carboxylic acids is 4. The van der Waals surface area contributed by atoms with E-state index in [1.165, 1.54) is 11.8 Å². The lowest BCUT2D eigenvalue weighted by molar-refractivity contribution is -0.144. The van der Waals surface area contributed by atoms with Crippen molar-refractivity contribution in [2.75, 3.05) is 12.0 Å². The standard InChI is InChI=1S/C36H60N8O15S/c1-6-18(4)29(44-30(52)19(37)7-11-26(46)47)35(57)43-24(16-28(50)51)34(56)40-21(13-14-60-5)32(54)42-23(15-17(2)3)33(55)39-20(8-10-25(38)45)31(53)41-22(36(58)59)9-12-27(48)49/h17-24,29H,6-16,37H2,1-5H3,(H2,38,45)(H,39,55)(H,40,56)(H,41,53)(H,42,54)(H,43,57)(H,44,52)(H,46,47)(H,48,49)(H,50,51)(H,58,59)/t18-,19-,20-,21-,22-,23-,24-,29-/m0/s1. The number of hydrogen-bond acceptors (Lipinski definition) is 13. The van der Waals surface area contributed by atoms with Crippen molar-refractivity contribution in [3.8, 4) is 0 Å². The Bertz CT molecular complexity index is 1550. The summed E-state index contributed by atoms with van der Waals surface area (Å²) in [7, 11) is 0. The van der Waals surface area contributed by atoms with Gasteiger partial charge in [-0.15, -0.1) is 0 Å². The molecule has 0 rings (SSSR count). The van der Waals surface area contributed by atoms with Crippen LogP contribution in [-0.4, -0.2) is 140 Å². The van der Waals surface area contributed by atoms with Crippen molar-refractivity contribution >= 4 is 77.0 Å². The molecule has 0 aromatic rings. The lowest BCUT2D eigenvalue weighted by Crippen LogP contribution is -2.60. The summed E-state index contributed by atoms with van der Waals surface area (Å²) in [6.45, 7) is 6.69. The molecular weight excluding hydrogens is 817 g/mol. The first-order chi connectivity index (χ1) is 27.9. The predicted octanol–water partition coefficient (Wildman–Crippen LogP) is -2.38. The van der Waals surface area contributed by atoms with Gasteiger partial charge in [0.25, 0.3) is 0 Å². The van der Waals surface area contributed by atoms with E-state index in [-0.39, 0.29) is 30.9 Å². The summed E-state index contributed by atoms with van der Waals surface area (Å²) in [5, 5.41) is 51.2. The molecule has 14 N–H and O–H groups in total. The molecule has 23 nitrogen and oxygen atoms in total. The molecule has 0 unspecified atom stereocenters. The number of hydrogen-bond donors (Lipinski definition) is 12. The van der Waals surface area contributed by atoms with Gasteiger partial charge in [-0.1, -0.05) is 34.1 Å². The van der Waals surface area contributed by atoms with Gasteiger partial charge in [0, 0.05) is 19.3 Å². The first kappa shape index (κ1) is 54.5. The van der Waals surface area contributed by atoms with Crippen LogP contribution >= 0.6 is 11.8 Å². The van der Waals surface area contributed by atoms with E-state index in [1.54, 1.807) is 34.0 Å². The first-order valence-electron chi connectivity index (χ1n) is 19.2. The maximum atomic E-state index is 13.8. The summed E-state index contributed by atoms with van der Waals surface area (Å²) in [5.74, 6) is -12.9. The minimum absolute atomic E-state index is 0.0400. The van der Waals surface area contributed by atoms with E-state index in [4.69, 9.17) is 21.7 Å². The zero-order chi connectivity index (χ0) is 46.3. The van der Waals surface area contributed by atoms with Gasteiger partial charge in [0.15, 0.2) is 0 Å². The van der Waals surface area contributed by atoms with Crippen LogP contribution in [0.2, 0.25) is 0 Å². The minimum Gasteiger partial charge on any atom is -0.481 e. The third kappa shape index (κ3) is 22.0.